The number of rotatable bonds is 5. The van der Waals surface area contributed by atoms with Crippen molar-refractivity contribution in [3.05, 3.63) is 28.4 Å². The van der Waals surface area contributed by atoms with Crippen molar-refractivity contribution >= 4 is 5.91 Å². The van der Waals surface area contributed by atoms with E-state index < -0.39 is 0 Å². The van der Waals surface area contributed by atoms with Crippen LogP contribution in [0, 0.1) is 5.92 Å². The van der Waals surface area contributed by atoms with E-state index >= 15 is 0 Å². The highest BCUT2D eigenvalue weighted by molar-refractivity contribution is 5.80. The lowest BCUT2D eigenvalue weighted by atomic mass is 10.3. The first-order chi connectivity index (χ1) is 8.20. The van der Waals surface area contributed by atoms with Crippen molar-refractivity contribution in [1.82, 2.24) is 14.9 Å². The summed E-state index contributed by atoms with van der Waals surface area (Å²) in [6.07, 6.45) is 4.30. The van der Waals surface area contributed by atoms with Crippen LogP contribution in [0.3, 0.4) is 0 Å². The SMILES string of the molecule is CCc1cc(=O)n(CCNC(=O)C2CC2)cn1. The summed E-state index contributed by atoms with van der Waals surface area (Å²) in [4.78, 5) is 27.2. The van der Waals surface area contributed by atoms with Crippen LogP contribution in [-0.4, -0.2) is 22.0 Å². The van der Waals surface area contributed by atoms with Crippen LogP contribution < -0.4 is 10.9 Å². The van der Waals surface area contributed by atoms with Gasteiger partial charge >= 0.3 is 0 Å². The van der Waals surface area contributed by atoms with E-state index in [4.69, 9.17) is 0 Å². The molecule has 92 valence electrons. The predicted octanol–water partition coefficient (Wildman–Crippen LogP) is 0.332. The maximum Gasteiger partial charge on any atom is 0.253 e. The molecule has 1 N–H and O–H groups in total. The van der Waals surface area contributed by atoms with Gasteiger partial charge in [-0.05, 0) is 19.3 Å². The third-order valence-electron chi connectivity index (χ3n) is 2.90. The van der Waals surface area contributed by atoms with Gasteiger partial charge in [-0.15, -0.1) is 0 Å². The molecule has 0 bridgehead atoms. The fraction of sp³-hybridized carbons (Fsp3) is 0.583. The number of hydrogen-bond donors (Lipinski definition) is 1. The van der Waals surface area contributed by atoms with Crippen molar-refractivity contribution in [2.75, 3.05) is 6.54 Å². The number of nitrogens with zero attached hydrogens (tertiary/aromatic N) is 2. The number of carbonyl (C=O) groups excluding carboxylic acids is 1. The molecule has 1 heterocycles. The highest BCUT2D eigenvalue weighted by atomic mass is 16.2. The molecule has 1 aliphatic rings. The summed E-state index contributed by atoms with van der Waals surface area (Å²) in [7, 11) is 0. The van der Waals surface area contributed by atoms with Gasteiger partial charge in [-0.25, -0.2) is 4.98 Å². The van der Waals surface area contributed by atoms with Gasteiger partial charge in [0.15, 0.2) is 0 Å². The lowest BCUT2D eigenvalue weighted by Gasteiger charge is -2.07. The molecular formula is C12H17N3O2. The molecule has 17 heavy (non-hydrogen) atoms. The summed E-state index contributed by atoms with van der Waals surface area (Å²) >= 11 is 0. The standard InChI is InChI=1S/C12H17N3O2/c1-2-10-7-11(16)15(8-14-10)6-5-13-12(17)9-3-4-9/h7-9H,2-6H2,1H3,(H,13,17). The maximum atomic E-state index is 11.6. The summed E-state index contributed by atoms with van der Waals surface area (Å²) < 4.78 is 1.52. The highest BCUT2D eigenvalue weighted by Gasteiger charge is 2.28. The molecule has 0 radical (unpaired) electrons. The van der Waals surface area contributed by atoms with Crippen molar-refractivity contribution in [3.8, 4) is 0 Å². The zero-order chi connectivity index (χ0) is 12.3. The van der Waals surface area contributed by atoms with Crippen LogP contribution in [0.2, 0.25) is 0 Å². The van der Waals surface area contributed by atoms with E-state index in [1.165, 1.54) is 4.57 Å². The molecule has 5 nitrogen and oxygen atoms in total. The van der Waals surface area contributed by atoms with E-state index in [0.717, 1.165) is 25.0 Å². The van der Waals surface area contributed by atoms with Gasteiger partial charge in [-0.2, -0.15) is 0 Å². The Kier molecular flexibility index (Phi) is 3.56. The van der Waals surface area contributed by atoms with Gasteiger partial charge in [0, 0.05) is 30.8 Å². The molecule has 0 spiro atoms. The van der Waals surface area contributed by atoms with Gasteiger partial charge in [0.1, 0.15) is 0 Å². The normalized spacial score (nSPS) is 14.6. The van der Waals surface area contributed by atoms with E-state index in [0.29, 0.717) is 13.1 Å². The molecule has 1 fully saturated rings. The first kappa shape index (κ1) is 11.8. The Morgan fingerprint density at radius 1 is 1.59 bits per heavy atom. The lowest BCUT2D eigenvalue weighted by molar-refractivity contribution is -0.122. The molecule has 1 saturated carbocycles. The number of nitrogens with one attached hydrogen (secondary N) is 1. The largest absolute Gasteiger partial charge is 0.354 e. The van der Waals surface area contributed by atoms with Crippen molar-refractivity contribution in [2.45, 2.75) is 32.7 Å². The monoisotopic (exact) mass is 235 g/mol. The molecule has 1 aromatic rings. The maximum absolute atomic E-state index is 11.6. The average molecular weight is 235 g/mol. The first-order valence-corrected chi connectivity index (χ1v) is 6.03. The van der Waals surface area contributed by atoms with Gasteiger partial charge in [0.2, 0.25) is 5.91 Å². The molecular weight excluding hydrogens is 218 g/mol. The summed E-state index contributed by atoms with van der Waals surface area (Å²) in [5, 5.41) is 2.82. The van der Waals surface area contributed by atoms with E-state index in [1.54, 1.807) is 12.4 Å². The minimum absolute atomic E-state index is 0.0579. The topological polar surface area (TPSA) is 64.0 Å². The molecule has 5 heteroatoms. The van der Waals surface area contributed by atoms with Crippen molar-refractivity contribution in [3.63, 3.8) is 0 Å². The Balaban J connectivity index is 1.85. The van der Waals surface area contributed by atoms with Crippen LogP contribution >= 0.6 is 0 Å². The molecule has 0 atom stereocenters. The molecule has 0 aromatic carbocycles. The van der Waals surface area contributed by atoms with Crippen LogP contribution in [0.1, 0.15) is 25.5 Å². The number of aromatic nitrogens is 2. The van der Waals surface area contributed by atoms with E-state index in [9.17, 15) is 9.59 Å². The van der Waals surface area contributed by atoms with Crippen LogP contribution in [0.15, 0.2) is 17.2 Å². The quantitative estimate of drug-likeness (QED) is 0.800. The molecule has 0 saturated heterocycles. The van der Waals surface area contributed by atoms with E-state index in [2.05, 4.69) is 10.3 Å². The Bertz CT molecular complexity index is 463. The Hall–Kier alpha value is -1.65. The Morgan fingerprint density at radius 3 is 2.94 bits per heavy atom. The highest BCUT2D eigenvalue weighted by Crippen LogP contribution is 2.28. The average Bonchev–Trinajstić information content (AvgIpc) is 3.15. The molecule has 0 aliphatic heterocycles. The molecule has 1 aliphatic carbocycles. The zero-order valence-electron chi connectivity index (χ0n) is 9.98. The van der Waals surface area contributed by atoms with Crippen molar-refractivity contribution in [1.29, 1.82) is 0 Å². The molecule has 0 unspecified atom stereocenters. The second kappa shape index (κ2) is 5.12. The van der Waals surface area contributed by atoms with Gasteiger partial charge in [-0.1, -0.05) is 6.92 Å². The minimum atomic E-state index is -0.0579. The van der Waals surface area contributed by atoms with Crippen LogP contribution in [-0.2, 0) is 17.8 Å². The number of hydrogen-bond acceptors (Lipinski definition) is 3. The second-order valence-corrected chi connectivity index (χ2v) is 4.33. The van der Waals surface area contributed by atoms with Gasteiger partial charge in [0.05, 0.1) is 6.33 Å². The Morgan fingerprint density at radius 2 is 2.35 bits per heavy atom. The fourth-order valence-corrected chi connectivity index (χ4v) is 1.61. The van der Waals surface area contributed by atoms with Gasteiger partial charge < -0.3 is 5.32 Å². The Labute approximate surface area is 99.9 Å². The van der Waals surface area contributed by atoms with Crippen molar-refractivity contribution in [2.24, 2.45) is 5.92 Å². The van der Waals surface area contributed by atoms with Crippen molar-refractivity contribution < 1.29 is 4.79 Å². The van der Waals surface area contributed by atoms with Crippen LogP contribution in [0.5, 0.6) is 0 Å². The fourth-order valence-electron chi connectivity index (χ4n) is 1.61. The van der Waals surface area contributed by atoms with Crippen LogP contribution in [0.25, 0.3) is 0 Å². The number of aryl methyl sites for hydroxylation is 1. The van der Waals surface area contributed by atoms with Gasteiger partial charge in [-0.3, -0.25) is 14.2 Å². The second-order valence-electron chi connectivity index (χ2n) is 4.33. The van der Waals surface area contributed by atoms with E-state index in [1.807, 2.05) is 6.92 Å². The first-order valence-electron chi connectivity index (χ1n) is 6.03. The zero-order valence-corrected chi connectivity index (χ0v) is 9.98. The molecule has 1 amide bonds. The third kappa shape index (κ3) is 3.15. The third-order valence-corrected chi connectivity index (χ3v) is 2.90. The molecule has 1 aromatic heterocycles. The predicted molar refractivity (Wildman–Crippen MR) is 63.6 cm³/mol. The summed E-state index contributed by atoms with van der Waals surface area (Å²) in [6, 6.07) is 1.54. The summed E-state index contributed by atoms with van der Waals surface area (Å²) in [5.74, 6) is 0.323. The minimum Gasteiger partial charge on any atom is -0.354 e. The van der Waals surface area contributed by atoms with Crippen LogP contribution in [0.4, 0.5) is 0 Å². The lowest BCUT2D eigenvalue weighted by Crippen LogP contribution is -2.31. The van der Waals surface area contributed by atoms with E-state index in [-0.39, 0.29) is 17.4 Å². The summed E-state index contributed by atoms with van der Waals surface area (Å²) in [6.45, 7) is 2.93. The van der Waals surface area contributed by atoms with Gasteiger partial charge in [0.25, 0.3) is 5.56 Å². The number of amides is 1. The summed E-state index contributed by atoms with van der Waals surface area (Å²) in [5.41, 5.74) is 0.741. The number of carbonyl (C=O) groups is 1. The molecule has 2 rings (SSSR count). The smallest absolute Gasteiger partial charge is 0.253 e.